The fourth-order valence-electron chi connectivity index (χ4n) is 1.53. The van der Waals surface area contributed by atoms with Crippen LogP contribution in [0, 0.1) is 0 Å². The Morgan fingerprint density at radius 1 is 1.11 bits per heavy atom. The van der Waals surface area contributed by atoms with E-state index in [1.165, 1.54) is 25.7 Å². The summed E-state index contributed by atoms with van der Waals surface area (Å²) in [6.45, 7) is 3.30. The van der Waals surface area contributed by atoms with E-state index in [-0.39, 0.29) is 6.42 Å². The molecule has 1 atom stereocenters. The fourth-order valence-corrected chi connectivity index (χ4v) is 1.76. The monoisotopic (exact) mass is 280 g/mol. The van der Waals surface area contributed by atoms with Gasteiger partial charge in [-0.25, -0.2) is 0 Å². The van der Waals surface area contributed by atoms with E-state index < -0.39 is 21.5 Å². The van der Waals surface area contributed by atoms with Gasteiger partial charge in [-0.2, -0.15) is 8.42 Å². The Morgan fingerprint density at radius 3 is 2.11 bits per heavy atom. The van der Waals surface area contributed by atoms with Crippen LogP contribution in [0.4, 0.5) is 0 Å². The molecule has 108 valence electrons. The Bertz CT molecular complexity index is 323. The van der Waals surface area contributed by atoms with Crippen molar-refractivity contribution in [2.45, 2.75) is 70.7 Å². The van der Waals surface area contributed by atoms with Crippen LogP contribution in [0.5, 0.6) is 0 Å². The molecule has 0 aliphatic heterocycles. The Morgan fingerprint density at radius 2 is 1.61 bits per heavy atom. The zero-order valence-corrected chi connectivity index (χ0v) is 12.0. The minimum absolute atomic E-state index is 0.202. The average molecular weight is 280 g/mol. The molecule has 0 saturated heterocycles. The first kappa shape index (κ1) is 17.4. The number of hydrogen-bond acceptors (Lipinski definition) is 4. The second-order valence-corrected chi connectivity index (χ2v) is 6.14. The standard InChI is InChI=1S/C12H24O5S/c1-3-4-5-6-7-8-9-10-12(13)17-11(2)18(14,15)16/h11H,3-10H2,1-2H3,(H,14,15,16). The van der Waals surface area contributed by atoms with Crippen LogP contribution in [0.2, 0.25) is 0 Å². The lowest BCUT2D eigenvalue weighted by molar-refractivity contribution is -0.145. The highest BCUT2D eigenvalue weighted by Gasteiger charge is 2.21. The lowest BCUT2D eigenvalue weighted by atomic mass is 10.1. The maximum absolute atomic E-state index is 11.2. The van der Waals surface area contributed by atoms with Crippen LogP contribution < -0.4 is 0 Å². The largest absolute Gasteiger partial charge is 0.444 e. The summed E-state index contributed by atoms with van der Waals surface area (Å²) >= 11 is 0. The number of ether oxygens (including phenoxy) is 1. The third-order valence-corrected chi connectivity index (χ3v) is 3.64. The van der Waals surface area contributed by atoms with E-state index >= 15 is 0 Å². The molecule has 0 bridgehead atoms. The zero-order valence-electron chi connectivity index (χ0n) is 11.2. The first-order valence-corrected chi connectivity index (χ1v) is 8.04. The molecule has 0 saturated carbocycles. The van der Waals surface area contributed by atoms with Crippen LogP contribution in [0.15, 0.2) is 0 Å². The molecule has 0 aromatic carbocycles. The molecule has 6 heteroatoms. The molecule has 0 heterocycles. The molecule has 0 aromatic heterocycles. The number of hydrogen-bond donors (Lipinski definition) is 1. The summed E-state index contributed by atoms with van der Waals surface area (Å²) in [5.74, 6) is -0.575. The second kappa shape index (κ2) is 9.33. The Kier molecular flexibility index (Phi) is 9.01. The number of rotatable bonds is 10. The molecule has 0 amide bonds. The van der Waals surface area contributed by atoms with Crippen LogP contribution in [0.25, 0.3) is 0 Å². The lowest BCUT2D eigenvalue weighted by Crippen LogP contribution is -2.23. The average Bonchev–Trinajstić information content (AvgIpc) is 2.26. The Labute approximate surface area is 110 Å². The molecule has 0 aromatic rings. The third-order valence-electron chi connectivity index (χ3n) is 2.70. The second-order valence-electron chi connectivity index (χ2n) is 4.44. The van der Waals surface area contributed by atoms with Gasteiger partial charge in [0.05, 0.1) is 0 Å². The van der Waals surface area contributed by atoms with Crippen LogP contribution in [0.3, 0.4) is 0 Å². The first-order valence-electron chi connectivity index (χ1n) is 6.53. The predicted molar refractivity (Wildman–Crippen MR) is 69.7 cm³/mol. The molecule has 5 nitrogen and oxygen atoms in total. The van der Waals surface area contributed by atoms with Crippen LogP contribution in [0.1, 0.15) is 65.2 Å². The van der Waals surface area contributed by atoms with E-state index in [0.29, 0.717) is 6.42 Å². The maximum Gasteiger partial charge on any atom is 0.307 e. The predicted octanol–water partition coefficient (Wildman–Crippen LogP) is 2.90. The van der Waals surface area contributed by atoms with E-state index in [2.05, 4.69) is 11.7 Å². The number of carbonyl (C=O) groups excluding carboxylic acids is 1. The minimum atomic E-state index is -4.29. The normalized spacial score (nSPS) is 13.3. The quantitative estimate of drug-likeness (QED) is 0.378. The SMILES string of the molecule is CCCCCCCCCC(=O)OC(C)S(=O)(=O)O. The molecular weight excluding hydrogens is 256 g/mol. The summed E-state index contributed by atoms with van der Waals surface area (Å²) in [6.07, 6.45) is 7.77. The summed E-state index contributed by atoms with van der Waals surface area (Å²) < 4.78 is 34.4. The van der Waals surface area contributed by atoms with E-state index in [1.807, 2.05) is 0 Å². The Balaban J connectivity index is 3.54. The molecule has 0 aliphatic carbocycles. The molecule has 0 fully saturated rings. The Hall–Kier alpha value is -0.620. The van der Waals surface area contributed by atoms with E-state index in [4.69, 9.17) is 4.55 Å². The van der Waals surface area contributed by atoms with Crippen molar-refractivity contribution in [3.05, 3.63) is 0 Å². The van der Waals surface area contributed by atoms with Crippen LogP contribution in [-0.4, -0.2) is 24.4 Å². The molecule has 0 radical (unpaired) electrons. The van der Waals surface area contributed by atoms with Crippen molar-refractivity contribution in [1.82, 2.24) is 0 Å². The van der Waals surface area contributed by atoms with E-state index in [1.54, 1.807) is 0 Å². The highest BCUT2D eigenvalue weighted by atomic mass is 32.2. The topological polar surface area (TPSA) is 80.7 Å². The lowest BCUT2D eigenvalue weighted by Gasteiger charge is -2.09. The van der Waals surface area contributed by atoms with Gasteiger partial charge >= 0.3 is 16.1 Å². The van der Waals surface area contributed by atoms with Crippen molar-refractivity contribution in [2.75, 3.05) is 0 Å². The van der Waals surface area contributed by atoms with Crippen molar-refractivity contribution in [3.8, 4) is 0 Å². The summed E-state index contributed by atoms with van der Waals surface area (Å²) in [6, 6.07) is 0. The molecule has 0 spiro atoms. The van der Waals surface area contributed by atoms with Gasteiger partial charge in [-0.1, -0.05) is 45.4 Å². The molecule has 0 rings (SSSR count). The molecule has 1 N–H and O–H groups in total. The van der Waals surface area contributed by atoms with Gasteiger partial charge in [0.15, 0.2) is 0 Å². The van der Waals surface area contributed by atoms with Gasteiger partial charge in [-0.15, -0.1) is 0 Å². The summed E-state index contributed by atoms with van der Waals surface area (Å²) in [7, 11) is -4.29. The molecule has 1 unspecified atom stereocenters. The van der Waals surface area contributed by atoms with Gasteiger partial charge in [-0.05, 0) is 13.3 Å². The van der Waals surface area contributed by atoms with Crippen molar-refractivity contribution < 1.29 is 22.5 Å². The van der Waals surface area contributed by atoms with Gasteiger partial charge in [0.1, 0.15) is 0 Å². The van der Waals surface area contributed by atoms with Crippen molar-refractivity contribution in [2.24, 2.45) is 0 Å². The van der Waals surface area contributed by atoms with Crippen LogP contribution in [-0.2, 0) is 19.6 Å². The summed E-state index contributed by atoms with van der Waals surface area (Å²) in [5.41, 5.74) is -1.48. The summed E-state index contributed by atoms with van der Waals surface area (Å²) in [4.78, 5) is 11.2. The van der Waals surface area contributed by atoms with Gasteiger partial charge in [-0.3, -0.25) is 9.35 Å². The van der Waals surface area contributed by atoms with Gasteiger partial charge in [0, 0.05) is 6.42 Å². The van der Waals surface area contributed by atoms with Crippen molar-refractivity contribution in [3.63, 3.8) is 0 Å². The van der Waals surface area contributed by atoms with Crippen LogP contribution >= 0.6 is 0 Å². The highest BCUT2D eigenvalue weighted by molar-refractivity contribution is 7.86. The van der Waals surface area contributed by atoms with Gasteiger partial charge in [0.2, 0.25) is 5.44 Å². The maximum atomic E-state index is 11.2. The highest BCUT2D eigenvalue weighted by Crippen LogP contribution is 2.10. The van der Waals surface area contributed by atoms with Gasteiger partial charge < -0.3 is 4.74 Å². The molecule has 18 heavy (non-hydrogen) atoms. The smallest absolute Gasteiger partial charge is 0.307 e. The van der Waals surface area contributed by atoms with Gasteiger partial charge in [0.25, 0.3) is 0 Å². The third kappa shape index (κ3) is 9.41. The fraction of sp³-hybridized carbons (Fsp3) is 0.917. The van der Waals surface area contributed by atoms with Crippen molar-refractivity contribution in [1.29, 1.82) is 0 Å². The van der Waals surface area contributed by atoms with Crippen molar-refractivity contribution >= 4 is 16.1 Å². The minimum Gasteiger partial charge on any atom is -0.444 e. The number of carbonyl (C=O) groups is 1. The summed E-state index contributed by atoms with van der Waals surface area (Å²) in [5, 5.41) is 0. The molecule has 0 aliphatic rings. The number of esters is 1. The van der Waals surface area contributed by atoms with E-state index in [0.717, 1.165) is 19.8 Å². The first-order chi connectivity index (χ1) is 8.38. The molecular formula is C12H24O5S. The van der Waals surface area contributed by atoms with E-state index in [9.17, 15) is 13.2 Å². The number of unbranched alkanes of at least 4 members (excludes halogenated alkanes) is 6. The zero-order chi connectivity index (χ0) is 14.0.